The normalized spacial score (nSPS) is 11.9. The molecule has 0 fully saturated rings. The van der Waals surface area contributed by atoms with Crippen LogP contribution in [0.5, 0.6) is 0 Å². The summed E-state index contributed by atoms with van der Waals surface area (Å²) in [6, 6.07) is 5.80. The first kappa shape index (κ1) is 15.1. The van der Waals surface area contributed by atoms with Crippen molar-refractivity contribution in [1.82, 2.24) is 0 Å². The van der Waals surface area contributed by atoms with Gasteiger partial charge in [0.2, 0.25) is 5.91 Å². The Bertz CT molecular complexity index is 431. The highest BCUT2D eigenvalue weighted by molar-refractivity contribution is 5.92. The first-order chi connectivity index (χ1) is 9.04. The molecule has 0 spiro atoms. The van der Waals surface area contributed by atoms with Gasteiger partial charge in [-0.15, -0.1) is 0 Å². The standard InChI is InChI=1S/C13H19N3O3/c1-10(4-2-3-9-14)13(17)15-11-5-7-12(8-6-11)16(18)19/h5-8,10H,2-4,9,14H2,1H3,(H,15,17)/t10-/m0/s1. The second-order valence-electron chi connectivity index (χ2n) is 4.48. The van der Waals surface area contributed by atoms with Gasteiger partial charge in [-0.05, 0) is 31.5 Å². The Labute approximate surface area is 112 Å². The Morgan fingerprint density at radius 2 is 2.00 bits per heavy atom. The minimum Gasteiger partial charge on any atom is -0.330 e. The maximum Gasteiger partial charge on any atom is 0.269 e. The van der Waals surface area contributed by atoms with Crippen LogP contribution in [-0.2, 0) is 4.79 Å². The number of amides is 1. The van der Waals surface area contributed by atoms with E-state index in [2.05, 4.69) is 5.32 Å². The Kier molecular flexibility index (Phi) is 5.95. The minimum absolute atomic E-state index is 0.00833. The van der Waals surface area contributed by atoms with E-state index in [4.69, 9.17) is 5.73 Å². The Morgan fingerprint density at radius 1 is 1.37 bits per heavy atom. The van der Waals surface area contributed by atoms with Crippen LogP contribution in [0.2, 0.25) is 0 Å². The topological polar surface area (TPSA) is 98.3 Å². The van der Waals surface area contributed by atoms with Crippen LogP contribution in [0.25, 0.3) is 0 Å². The molecule has 104 valence electrons. The third kappa shape index (κ3) is 5.05. The molecule has 0 heterocycles. The van der Waals surface area contributed by atoms with E-state index in [1.807, 2.05) is 6.92 Å². The molecule has 0 saturated carbocycles. The minimum atomic E-state index is -0.471. The fraction of sp³-hybridized carbons (Fsp3) is 0.462. The van der Waals surface area contributed by atoms with Gasteiger partial charge < -0.3 is 11.1 Å². The third-order valence-electron chi connectivity index (χ3n) is 2.88. The van der Waals surface area contributed by atoms with Gasteiger partial charge in [0.1, 0.15) is 0 Å². The summed E-state index contributed by atoms with van der Waals surface area (Å²) in [5.41, 5.74) is 5.98. The number of anilines is 1. The molecule has 1 rings (SSSR count). The summed E-state index contributed by atoms with van der Waals surface area (Å²) in [7, 11) is 0. The Morgan fingerprint density at radius 3 is 2.53 bits per heavy atom. The highest BCUT2D eigenvalue weighted by Crippen LogP contribution is 2.17. The van der Waals surface area contributed by atoms with Crippen molar-refractivity contribution in [3.63, 3.8) is 0 Å². The molecule has 3 N–H and O–H groups in total. The largest absolute Gasteiger partial charge is 0.330 e. The van der Waals surface area contributed by atoms with Crippen LogP contribution in [-0.4, -0.2) is 17.4 Å². The zero-order valence-electron chi connectivity index (χ0n) is 11.0. The summed E-state index contributed by atoms with van der Waals surface area (Å²) < 4.78 is 0. The Hall–Kier alpha value is -1.95. The van der Waals surface area contributed by atoms with Crippen molar-refractivity contribution in [3.05, 3.63) is 34.4 Å². The Balaban J connectivity index is 2.49. The van der Waals surface area contributed by atoms with Gasteiger partial charge in [-0.1, -0.05) is 13.3 Å². The monoisotopic (exact) mass is 265 g/mol. The van der Waals surface area contributed by atoms with E-state index < -0.39 is 4.92 Å². The first-order valence-corrected chi connectivity index (χ1v) is 6.30. The number of nitrogens with two attached hydrogens (primary N) is 1. The van der Waals surface area contributed by atoms with E-state index >= 15 is 0 Å². The second-order valence-corrected chi connectivity index (χ2v) is 4.48. The van der Waals surface area contributed by atoms with E-state index in [1.54, 1.807) is 0 Å². The first-order valence-electron chi connectivity index (χ1n) is 6.30. The molecule has 0 aromatic heterocycles. The van der Waals surface area contributed by atoms with Crippen LogP contribution in [0.4, 0.5) is 11.4 Å². The molecule has 0 aliphatic rings. The van der Waals surface area contributed by atoms with Crippen molar-refractivity contribution >= 4 is 17.3 Å². The molecule has 6 heteroatoms. The molecule has 0 unspecified atom stereocenters. The van der Waals surface area contributed by atoms with Crippen LogP contribution >= 0.6 is 0 Å². The summed E-state index contributed by atoms with van der Waals surface area (Å²) in [5, 5.41) is 13.2. The highest BCUT2D eigenvalue weighted by Gasteiger charge is 2.13. The molecule has 1 aromatic rings. The lowest BCUT2D eigenvalue weighted by molar-refractivity contribution is -0.384. The number of benzene rings is 1. The number of nitrogens with one attached hydrogen (secondary N) is 1. The zero-order valence-corrected chi connectivity index (χ0v) is 11.0. The van der Waals surface area contributed by atoms with Crippen LogP contribution in [0.1, 0.15) is 26.2 Å². The summed E-state index contributed by atoms with van der Waals surface area (Å²) >= 11 is 0. The van der Waals surface area contributed by atoms with Gasteiger partial charge >= 0.3 is 0 Å². The van der Waals surface area contributed by atoms with E-state index in [1.165, 1.54) is 24.3 Å². The highest BCUT2D eigenvalue weighted by atomic mass is 16.6. The van der Waals surface area contributed by atoms with Crippen molar-refractivity contribution < 1.29 is 9.72 Å². The summed E-state index contributed by atoms with van der Waals surface area (Å²) in [5.74, 6) is -0.174. The lowest BCUT2D eigenvalue weighted by Gasteiger charge is -2.11. The maximum absolute atomic E-state index is 11.8. The lowest BCUT2D eigenvalue weighted by atomic mass is 10.0. The molecule has 0 aliphatic carbocycles. The van der Waals surface area contributed by atoms with Gasteiger partial charge in [0.05, 0.1) is 4.92 Å². The van der Waals surface area contributed by atoms with Gasteiger partial charge in [-0.2, -0.15) is 0 Å². The number of unbranched alkanes of at least 4 members (excludes halogenated alkanes) is 1. The summed E-state index contributed by atoms with van der Waals surface area (Å²) in [6.45, 7) is 2.49. The number of hydrogen-bond acceptors (Lipinski definition) is 4. The number of nitrogens with zero attached hydrogens (tertiary/aromatic N) is 1. The maximum atomic E-state index is 11.8. The van der Waals surface area contributed by atoms with Gasteiger partial charge in [0, 0.05) is 23.7 Å². The van der Waals surface area contributed by atoms with E-state index in [0.29, 0.717) is 12.2 Å². The van der Waals surface area contributed by atoms with Crippen molar-refractivity contribution in [1.29, 1.82) is 0 Å². The lowest BCUT2D eigenvalue weighted by Crippen LogP contribution is -2.20. The predicted octanol–water partition coefficient (Wildman–Crippen LogP) is 2.30. The molecule has 1 atom stereocenters. The smallest absolute Gasteiger partial charge is 0.269 e. The zero-order chi connectivity index (χ0) is 14.3. The molecule has 0 radical (unpaired) electrons. The fourth-order valence-corrected chi connectivity index (χ4v) is 1.66. The van der Waals surface area contributed by atoms with Crippen LogP contribution in [0.15, 0.2) is 24.3 Å². The van der Waals surface area contributed by atoms with Crippen molar-refractivity contribution in [2.24, 2.45) is 11.7 Å². The third-order valence-corrected chi connectivity index (χ3v) is 2.88. The van der Waals surface area contributed by atoms with Crippen molar-refractivity contribution in [2.45, 2.75) is 26.2 Å². The molecular weight excluding hydrogens is 246 g/mol. The fourth-order valence-electron chi connectivity index (χ4n) is 1.66. The average Bonchev–Trinajstić information content (AvgIpc) is 2.39. The van der Waals surface area contributed by atoms with E-state index in [-0.39, 0.29) is 17.5 Å². The van der Waals surface area contributed by atoms with Gasteiger partial charge in [-0.3, -0.25) is 14.9 Å². The van der Waals surface area contributed by atoms with Crippen LogP contribution in [0, 0.1) is 16.0 Å². The molecule has 1 aromatic carbocycles. The second kappa shape index (κ2) is 7.48. The molecule has 0 bridgehead atoms. The number of carbonyl (C=O) groups is 1. The molecule has 0 aliphatic heterocycles. The van der Waals surface area contributed by atoms with Crippen molar-refractivity contribution in [3.8, 4) is 0 Å². The summed E-state index contributed by atoms with van der Waals surface area (Å²) in [4.78, 5) is 21.9. The van der Waals surface area contributed by atoms with Gasteiger partial charge in [0.15, 0.2) is 0 Å². The molecule has 1 amide bonds. The molecule has 6 nitrogen and oxygen atoms in total. The molecule has 0 saturated heterocycles. The van der Waals surface area contributed by atoms with E-state index in [0.717, 1.165) is 19.3 Å². The van der Waals surface area contributed by atoms with Crippen LogP contribution in [0.3, 0.4) is 0 Å². The number of nitro benzene ring substituents is 1. The van der Waals surface area contributed by atoms with Gasteiger partial charge in [0.25, 0.3) is 5.69 Å². The number of nitro groups is 1. The summed E-state index contributed by atoms with van der Waals surface area (Å²) in [6.07, 6.45) is 2.62. The molecule has 19 heavy (non-hydrogen) atoms. The quantitative estimate of drug-likeness (QED) is 0.449. The number of rotatable bonds is 7. The average molecular weight is 265 g/mol. The van der Waals surface area contributed by atoms with E-state index in [9.17, 15) is 14.9 Å². The number of non-ortho nitro benzene ring substituents is 1. The van der Waals surface area contributed by atoms with Crippen LogP contribution < -0.4 is 11.1 Å². The SMILES string of the molecule is C[C@@H](CCCCN)C(=O)Nc1ccc([N+](=O)[O-])cc1. The number of carbonyl (C=O) groups excluding carboxylic acids is 1. The number of hydrogen-bond donors (Lipinski definition) is 2. The van der Waals surface area contributed by atoms with Gasteiger partial charge in [-0.25, -0.2) is 0 Å². The molecular formula is C13H19N3O3. The van der Waals surface area contributed by atoms with Crippen molar-refractivity contribution in [2.75, 3.05) is 11.9 Å². The predicted molar refractivity (Wildman–Crippen MR) is 73.8 cm³/mol.